The standard InChI is InChI=1S/C19H27N5O/c1-13(23(2)17-8-5-15(20)12-17)11-14-3-6-16(7-4-14)24-10-9-18(21)22-19(24)25/h3-4,6-7,9-10,13,15,17H,5,8,11-12,20H2,1-2H3,(H2,21,22,25)/t13?,15-,17?/m1/s1. The molecule has 0 radical (unpaired) electrons. The first-order valence-corrected chi connectivity index (χ1v) is 8.86. The van der Waals surface area contributed by atoms with Gasteiger partial charge in [0.05, 0.1) is 5.69 Å². The van der Waals surface area contributed by atoms with Gasteiger partial charge in [0, 0.05) is 24.3 Å². The molecule has 0 saturated heterocycles. The van der Waals surface area contributed by atoms with Crippen molar-refractivity contribution >= 4 is 5.82 Å². The zero-order valence-corrected chi connectivity index (χ0v) is 14.9. The molecule has 25 heavy (non-hydrogen) atoms. The van der Waals surface area contributed by atoms with Gasteiger partial charge in [0.2, 0.25) is 0 Å². The molecule has 3 rings (SSSR count). The van der Waals surface area contributed by atoms with Crippen LogP contribution in [0.5, 0.6) is 0 Å². The van der Waals surface area contributed by atoms with Crippen molar-refractivity contribution in [3.8, 4) is 5.69 Å². The fourth-order valence-corrected chi connectivity index (χ4v) is 3.61. The Morgan fingerprint density at radius 3 is 2.60 bits per heavy atom. The molecule has 1 saturated carbocycles. The topological polar surface area (TPSA) is 90.2 Å². The number of hydrogen-bond acceptors (Lipinski definition) is 5. The summed E-state index contributed by atoms with van der Waals surface area (Å²) in [5.74, 6) is 0.237. The van der Waals surface area contributed by atoms with Gasteiger partial charge < -0.3 is 16.4 Å². The van der Waals surface area contributed by atoms with Gasteiger partial charge in [-0.05, 0) is 63.4 Å². The Morgan fingerprint density at radius 1 is 1.28 bits per heavy atom. The van der Waals surface area contributed by atoms with Gasteiger partial charge in [-0.3, -0.25) is 4.57 Å². The maximum Gasteiger partial charge on any atom is 0.354 e. The summed E-state index contributed by atoms with van der Waals surface area (Å²) in [6.45, 7) is 2.26. The number of rotatable bonds is 5. The van der Waals surface area contributed by atoms with Crippen LogP contribution in [0, 0.1) is 0 Å². The van der Waals surface area contributed by atoms with Crippen molar-refractivity contribution in [3.63, 3.8) is 0 Å². The lowest BCUT2D eigenvalue weighted by Crippen LogP contribution is -2.39. The Hall–Kier alpha value is -2.18. The molecule has 0 aliphatic heterocycles. The van der Waals surface area contributed by atoms with Crippen LogP contribution in [-0.4, -0.2) is 39.6 Å². The third-order valence-corrected chi connectivity index (χ3v) is 5.29. The second-order valence-electron chi connectivity index (χ2n) is 7.12. The van der Waals surface area contributed by atoms with Crippen LogP contribution in [0.2, 0.25) is 0 Å². The van der Waals surface area contributed by atoms with Crippen LogP contribution in [0.1, 0.15) is 31.7 Å². The van der Waals surface area contributed by atoms with Gasteiger partial charge in [0.15, 0.2) is 0 Å². The molecular formula is C19H27N5O. The third kappa shape index (κ3) is 4.08. The molecule has 0 spiro atoms. The van der Waals surface area contributed by atoms with Gasteiger partial charge in [-0.15, -0.1) is 0 Å². The molecular weight excluding hydrogens is 314 g/mol. The molecule has 4 N–H and O–H groups in total. The Labute approximate surface area is 148 Å². The van der Waals surface area contributed by atoms with Crippen LogP contribution in [-0.2, 0) is 6.42 Å². The maximum atomic E-state index is 11.9. The second kappa shape index (κ2) is 7.37. The summed E-state index contributed by atoms with van der Waals surface area (Å²) in [6.07, 6.45) is 6.03. The third-order valence-electron chi connectivity index (χ3n) is 5.29. The molecule has 134 valence electrons. The fourth-order valence-electron chi connectivity index (χ4n) is 3.61. The van der Waals surface area contributed by atoms with E-state index in [1.807, 2.05) is 12.1 Å². The van der Waals surface area contributed by atoms with Crippen molar-refractivity contribution in [2.45, 2.75) is 50.7 Å². The van der Waals surface area contributed by atoms with Gasteiger partial charge in [0.25, 0.3) is 0 Å². The minimum absolute atomic E-state index is 0.237. The Bertz CT molecular complexity index is 770. The van der Waals surface area contributed by atoms with Gasteiger partial charge in [0.1, 0.15) is 5.82 Å². The number of nitrogen functional groups attached to an aromatic ring is 1. The molecule has 1 aliphatic carbocycles. The van der Waals surface area contributed by atoms with E-state index in [2.05, 4.69) is 36.0 Å². The summed E-state index contributed by atoms with van der Waals surface area (Å²) >= 11 is 0. The summed E-state index contributed by atoms with van der Waals surface area (Å²) in [5.41, 5.74) is 13.3. The molecule has 1 aromatic heterocycles. The maximum absolute atomic E-state index is 11.9. The quantitative estimate of drug-likeness (QED) is 0.861. The van der Waals surface area contributed by atoms with Crippen molar-refractivity contribution in [2.24, 2.45) is 5.73 Å². The van der Waals surface area contributed by atoms with Crippen molar-refractivity contribution < 1.29 is 0 Å². The summed E-state index contributed by atoms with van der Waals surface area (Å²) < 4.78 is 1.50. The lowest BCUT2D eigenvalue weighted by atomic mass is 10.0. The molecule has 3 atom stereocenters. The highest BCUT2D eigenvalue weighted by Crippen LogP contribution is 2.24. The van der Waals surface area contributed by atoms with Crippen molar-refractivity contribution in [1.82, 2.24) is 14.5 Å². The minimum atomic E-state index is -0.363. The average Bonchev–Trinajstić information content (AvgIpc) is 3.01. The smallest absolute Gasteiger partial charge is 0.354 e. The Morgan fingerprint density at radius 2 is 2.00 bits per heavy atom. The van der Waals surface area contributed by atoms with E-state index in [1.54, 1.807) is 12.3 Å². The molecule has 0 bridgehead atoms. The highest BCUT2D eigenvalue weighted by Gasteiger charge is 2.27. The summed E-state index contributed by atoms with van der Waals surface area (Å²) in [6, 6.07) is 11.1. The average molecular weight is 341 g/mol. The van der Waals surface area contributed by atoms with E-state index in [1.165, 1.54) is 16.6 Å². The Kier molecular flexibility index (Phi) is 5.20. The van der Waals surface area contributed by atoms with E-state index in [0.717, 1.165) is 24.9 Å². The molecule has 1 heterocycles. The number of anilines is 1. The van der Waals surface area contributed by atoms with Crippen molar-refractivity contribution in [3.05, 3.63) is 52.6 Å². The monoisotopic (exact) mass is 341 g/mol. The van der Waals surface area contributed by atoms with Gasteiger partial charge in [-0.25, -0.2) is 4.79 Å². The number of benzene rings is 1. The molecule has 0 amide bonds. The van der Waals surface area contributed by atoms with E-state index >= 15 is 0 Å². The molecule has 6 heteroatoms. The Balaban J connectivity index is 1.67. The van der Waals surface area contributed by atoms with Crippen LogP contribution in [0.4, 0.5) is 5.82 Å². The zero-order chi connectivity index (χ0) is 18.0. The SMILES string of the molecule is CC(Cc1ccc(-n2ccc(N)nc2=O)cc1)N(C)C1CC[C@@H](N)C1. The lowest BCUT2D eigenvalue weighted by Gasteiger charge is -2.31. The van der Waals surface area contributed by atoms with E-state index in [-0.39, 0.29) is 11.5 Å². The van der Waals surface area contributed by atoms with Gasteiger partial charge >= 0.3 is 5.69 Å². The predicted molar refractivity (Wildman–Crippen MR) is 101 cm³/mol. The van der Waals surface area contributed by atoms with Crippen LogP contribution in [0.25, 0.3) is 5.69 Å². The van der Waals surface area contributed by atoms with Crippen LogP contribution in [0.3, 0.4) is 0 Å². The summed E-state index contributed by atoms with van der Waals surface area (Å²) in [7, 11) is 2.20. The number of nitrogens with zero attached hydrogens (tertiary/aromatic N) is 3. The molecule has 1 aliphatic rings. The van der Waals surface area contributed by atoms with E-state index in [0.29, 0.717) is 18.1 Å². The number of nitrogens with two attached hydrogens (primary N) is 2. The number of aromatic nitrogens is 2. The molecule has 2 aromatic rings. The van der Waals surface area contributed by atoms with E-state index in [4.69, 9.17) is 11.5 Å². The molecule has 6 nitrogen and oxygen atoms in total. The zero-order valence-electron chi connectivity index (χ0n) is 14.9. The molecule has 1 aromatic carbocycles. The lowest BCUT2D eigenvalue weighted by molar-refractivity contribution is 0.184. The fraction of sp³-hybridized carbons (Fsp3) is 0.474. The van der Waals surface area contributed by atoms with Gasteiger partial charge in [-0.1, -0.05) is 12.1 Å². The highest BCUT2D eigenvalue weighted by molar-refractivity contribution is 5.36. The van der Waals surface area contributed by atoms with Gasteiger partial charge in [-0.2, -0.15) is 4.98 Å². The van der Waals surface area contributed by atoms with Crippen molar-refractivity contribution in [1.29, 1.82) is 0 Å². The first-order valence-electron chi connectivity index (χ1n) is 8.86. The minimum Gasteiger partial charge on any atom is -0.383 e. The van der Waals surface area contributed by atoms with Crippen molar-refractivity contribution in [2.75, 3.05) is 12.8 Å². The first-order chi connectivity index (χ1) is 11.9. The van der Waals surface area contributed by atoms with Crippen LogP contribution >= 0.6 is 0 Å². The number of hydrogen-bond donors (Lipinski definition) is 2. The summed E-state index contributed by atoms with van der Waals surface area (Å²) in [5, 5.41) is 0. The number of likely N-dealkylation sites (N-methyl/N-ethyl adjacent to an activating group) is 1. The summed E-state index contributed by atoms with van der Waals surface area (Å²) in [4.78, 5) is 18.1. The van der Waals surface area contributed by atoms with Crippen LogP contribution < -0.4 is 17.2 Å². The van der Waals surface area contributed by atoms with Crippen LogP contribution in [0.15, 0.2) is 41.3 Å². The predicted octanol–water partition coefficient (Wildman–Crippen LogP) is 1.56. The van der Waals surface area contributed by atoms with E-state index < -0.39 is 0 Å². The molecule has 2 unspecified atom stereocenters. The largest absolute Gasteiger partial charge is 0.383 e. The normalized spacial score (nSPS) is 21.6. The first kappa shape index (κ1) is 17.6. The highest BCUT2D eigenvalue weighted by atomic mass is 16.1. The molecule has 1 fully saturated rings. The second-order valence-corrected chi connectivity index (χ2v) is 7.12. The van der Waals surface area contributed by atoms with E-state index in [9.17, 15) is 4.79 Å².